The Morgan fingerprint density at radius 1 is 1.56 bits per heavy atom. The summed E-state index contributed by atoms with van der Waals surface area (Å²) in [7, 11) is -1.29. The molecular weight excluding hydrogens is 243 g/mol. The summed E-state index contributed by atoms with van der Waals surface area (Å²) in [5.74, 6) is 0. The number of halogens is 1. The second-order valence-corrected chi connectivity index (χ2v) is 8.96. The Bertz CT molecular complexity index is 106. The molecule has 0 rings (SSSR count). The molecule has 0 aromatic carbocycles. The zero-order valence-electron chi connectivity index (χ0n) is 6.20. The molecule has 0 spiro atoms. The molecule has 0 saturated carbocycles. The lowest BCUT2D eigenvalue weighted by molar-refractivity contribution is 0.356. The first kappa shape index (κ1) is 9.65. The zero-order valence-corrected chi connectivity index (χ0v) is 9.36. The molecule has 0 atom stereocenters. The van der Waals surface area contributed by atoms with Gasteiger partial charge in [-0.1, -0.05) is 6.58 Å². The fourth-order valence-corrected chi connectivity index (χ4v) is 1.35. The van der Waals surface area contributed by atoms with Gasteiger partial charge >= 0.3 is 0 Å². The van der Waals surface area contributed by atoms with Gasteiger partial charge in [0.05, 0.1) is 6.61 Å². The Morgan fingerprint density at radius 3 is 2.11 bits per heavy atom. The Kier molecular flexibility index (Phi) is 4.00. The van der Waals surface area contributed by atoms with E-state index in [1.165, 1.54) is 0 Å². The average molecular weight is 256 g/mol. The van der Waals surface area contributed by atoms with Crippen LogP contribution in [0.4, 0.5) is 0 Å². The van der Waals surface area contributed by atoms with Crippen molar-refractivity contribution in [2.45, 2.75) is 19.6 Å². The Balaban J connectivity index is 3.39. The van der Waals surface area contributed by atoms with E-state index in [4.69, 9.17) is 4.43 Å². The van der Waals surface area contributed by atoms with E-state index < -0.39 is 8.32 Å². The molecule has 0 saturated heterocycles. The van der Waals surface area contributed by atoms with Crippen LogP contribution in [0.1, 0.15) is 0 Å². The van der Waals surface area contributed by atoms with Crippen LogP contribution in [0.15, 0.2) is 10.2 Å². The second-order valence-electron chi connectivity index (χ2n) is 2.92. The molecule has 0 aliphatic heterocycles. The molecule has 0 aromatic heterocycles. The minimum Gasteiger partial charge on any atom is -0.413 e. The van der Waals surface area contributed by atoms with E-state index in [9.17, 15) is 0 Å². The molecule has 0 aliphatic carbocycles. The molecule has 0 fully saturated rings. The van der Waals surface area contributed by atoms with Gasteiger partial charge in [0, 0.05) is 3.58 Å². The lowest BCUT2D eigenvalue weighted by Crippen LogP contribution is -2.25. The lowest BCUT2D eigenvalue weighted by Gasteiger charge is -2.15. The number of hydrogen-bond donors (Lipinski definition) is 0. The van der Waals surface area contributed by atoms with Crippen LogP contribution in [0.5, 0.6) is 0 Å². The van der Waals surface area contributed by atoms with E-state index >= 15 is 0 Å². The zero-order chi connectivity index (χ0) is 7.49. The topological polar surface area (TPSA) is 9.23 Å². The van der Waals surface area contributed by atoms with E-state index in [1.54, 1.807) is 0 Å². The molecule has 0 radical (unpaired) electrons. The van der Waals surface area contributed by atoms with Crippen LogP contribution < -0.4 is 0 Å². The largest absolute Gasteiger partial charge is 0.413 e. The van der Waals surface area contributed by atoms with Gasteiger partial charge in [0.15, 0.2) is 8.32 Å². The molecule has 9 heavy (non-hydrogen) atoms. The standard InChI is InChI=1S/C6H13IOSi/c1-6(7)5-8-9(2,3)4/h1,5H2,2-4H3. The van der Waals surface area contributed by atoms with E-state index in [-0.39, 0.29) is 0 Å². The van der Waals surface area contributed by atoms with Crippen molar-refractivity contribution in [3.63, 3.8) is 0 Å². The van der Waals surface area contributed by atoms with E-state index in [1.807, 2.05) is 0 Å². The van der Waals surface area contributed by atoms with Gasteiger partial charge in [-0.15, -0.1) is 0 Å². The smallest absolute Gasteiger partial charge is 0.184 e. The lowest BCUT2D eigenvalue weighted by atomic mass is 10.7. The van der Waals surface area contributed by atoms with Crippen LogP contribution in [-0.4, -0.2) is 14.9 Å². The first-order chi connectivity index (χ1) is 3.92. The van der Waals surface area contributed by atoms with Gasteiger partial charge in [-0.2, -0.15) is 0 Å². The molecular formula is C6H13IOSi. The fourth-order valence-electron chi connectivity index (χ4n) is 0.295. The van der Waals surface area contributed by atoms with Gasteiger partial charge in [-0.05, 0) is 42.2 Å². The van der Waals surface area contributed by atoms with Gasteiger partial charge in [0.1, 0.15) is 0 Å². The Hall–Kier alpha value is 0.647. The van der Waals surface area contributed by atoms with Crippen molar-refractivity contribution in [3.8, 4) is 0 Å². The normalized spacial score (nSPS) is 11.6. The molecule has 0 heterocycles. The molecule has 0 amide bonds. The Labute approximate surface area is 71.8 Å². The first-order valence-corrected chi connectivity index (χ1v) is 7.38. The maximum atomic E-state index is 5.52. The number of rotatable bonds is 3. The van der Waals surface area contributed by atoms with Crippen LogP contribution in [-0.2, 0) is 4.43 Å². The van der Waals surface area contributed by atoms with Gasteiger partial charge in [-0.25, -0.2) is 0 Å². The third-order valence-corrected chi connectivity index (χ3v) is 1.98. The molecule has 3 heteroatoms. The van der Waals surface area contributed by atoms with Crippen molar-refractivity contribution in [1.82, 2.24) is 0 Å². The minimum absolute atomic E-state index is 0.719. The molecule has 0 N–H and O–H groups in total. The maximum Gasteiger partial charge on any atom is 0.184 e. The third kappa shape index (κ3) is 8.65. The highest BCUT2D eigenvalue weighted by Crippen LogP contribution is 2.08. The highest BCUT2D eigenvalue weighted by Gasteiger charge is 2.13. The summed E-state index contributed by atoms with van der Waals surface area (Å²) in [6, 6.07) is 0. The average Bonchev–Trinajstić information content (AvgIpc) is 1.59. The van der Waals surface area contributed by atoms with Crippen molar-refractivity contribution in [2.75, 3.05) is 6.61 Å². The molecule has 0 aromatic rings. The predicted octanol–water partition coefficient (Wildman–Crippen LogP) is 2.79. The summed E-state index contributed by atoms with van der Waals surface area (Å²) in [5.41, 5.74) is 0. The van der Waals surface area contributed by atoms with Crippen molar-refractivity contribution in [1.29, 1.82) is 0 Å². The molecule has 54 valence electrons. The van der Waals surface area contributed by atoms with Gasteiger partial charge in [-0.3, -0.25) is 0 Å². The maximum absolute atomic E-state index is 5.52. The molecule has 0 unspecified atom stereocenters. The predicted molar refractivity (Wildman–Crippen MR) is 52.5 cm³/mol. The molecule has 0 aliphatic rings. The van der Waals surface area contributed by atoms with Crippen molar-refractivity contribution in [3.05, 3.63) is 10.2 Å². The summed E-state index contributed by atoms with van der Waals surface area (Å²) < 4.78 is 6.60. The summed E-state index contributed by atoms with van der Waals surface area (Å²) in [4.78, 5) is 0. The highest BCUT2D eigenvalue weighted by molar-refractivity contribution is 14.1. The van der Waals surface area contributed by atoms with E-state index in [0.717, 1.165) is 10.2 Å². The summed E-state index contributed by atoms with van der Waals surface area (Å²) in [6.07, 6.45) is 0. The fraction of sp³-hybridized carbons (Fsp3) is 0.667. The van der Waals surface area contributed by atoms with Crippen molar-refractivity contribution >= 4 is 30.9 Å². The minimum atomic E-state index is -1.29. The molecule has 1 nitrogen and oxygen atoms in total. The van der Waals surface area contributed by atoms with E-state index in [2.05, 4.69) is 48.8 Å². The van der Waals surface area contributed by atoms with E-state index in [0.29, 0.717) is 0 Å². The van der Waals surface area contributed by atoms with Crippen LogP contribution in [0.3, 0.4) is 0 Å². The summed E-state index contributed by atoms with van der Waals surface area (Å²) in [5, 5.41) is 0. The van der Waals surface area contributed by atoms with Crippen LogP contribution in [0.25, 0.3) is 0 Å². The van der Waals surface area contributed by atoms with Crippen molar-refractivity contribution in [2.24, 2.45) is 0 Å². The quantitative estimate of drug-likeness (QED) is 0.557. The Morgan fingerprint density at radius 2 is 2.00 bits per heavy atom. The summed E-state index contributed by atoms with van der Waals surface area (Å²) in [6.45, 7) is 11.0. The first-order valence-electron chi connectivity index (χ1n) is 2.89. The molecule has 0 bridgehead atoms. The highest BCUT2D eigenvalue weighted by atomic mass is 127. The SMILES string of the molecule is C=C(I)CO[Si](C)(C)C. The van der Waals surface area contributed by atoms with Crippen LogP contribution in [0, 0.1) is 0 Å². The third-order valence-electron chi connectivity index (χ3n) is 0.662. The monoisotopic (exact) mass is 256 g/mol. The second kappa shape index (κ2) is 3.73. The van der Waals surface area contributed by atoms with Crippen molar-refractivity contribution < 1.29 is 4.43 Å². The van der Waals surface area contributed by atoms with Gasteiger partial charge in [0.2, 0.25) is 0 Å². The van der Waals surface area contributed by atoms with Crippen LogP contribution >= 0.6 is 22.6 Å². The van der Waals surface area contributed by atoms with Gasteiger partial charge in [0.25, 0.3) is 0 Å². The van der Waals surface area contributed by atoms with Crippen LogP contribution in [0.2, 0.25) is 19.6 Å². The summed E-state index contributed by atoms with van der Waals surface area (Å²) >= 11 is 2.19. The number of hydrogen-bond acceptors (Lipinski definition) is 1. The van der Waals surface area contributed by atoms with Gasteiger partial charge < -0.3 is 4.43 Å².